The number of benzene rings is 1. The molecular weight excluding hydrogens is 300 g/mol. The Kier molecular flexibility index (Phi) is 5.34. The van der Waals surface area contributed by atoms with Crippen LogP contribution in [0.25, 0.3) is 0 Å². The van der Waals surface area contributed by atoms with Crippen molar-refractivity contribution >= 4 is 11.8 Å². The lowest BCUT2D eigenvalue weighted by molar-refractivity contribution is -0.137. The minimum Gasteiger partial charge on any atom is -0.339 e. The Morgan fingerprint density at radius 2 is 1.67 bits per heavy atom. The van der Waals surface area contributed by atoms with Crippen LogP contribution in [0.15, 0.2) is 36.4 Å². The van der Waals surface area contributed by atoms with Gasteiger partial charge in [0.1, 0.15) is 0 Å². The molecule has 2 aliphatic rings. The van der Waals surface area contributed by atoms with E-state index in [-0.39, 0.29) is 17.7 Å². The number of amides is 2. The van der Waals surface area contributed by atoms with Crippen LogP contribution in [0.5, 0.6) is 0 Å². The van der Waals surface area contributed by atoms with Crippen LogP contribution in [0.2, 0.25) is 0 Å². The lowest BCUT2D eigenvalue weighted by atomic mass is 9.93. The molecule has 0 N–H and O–H groups in total. The van der Waals surface area contributed by atoms with E-state index in [0.717, 1.165) is 31.2 Å². The average molecular weight is 326 g/mol. The molecule has 3 rings (SSSR count). The Morgan fingerprint density at radius 1 is 1.00 bits per heavy atom. The minimum atomic E-state index is 0.0744. The third-order valence-electron chi connectivity index (χ3n) is 5.11. The van der Waals surface area contributed by atoms with Gasteiger partial charge in [-0.25, -0.2) is 0 Å². The molecule has 0 radical (unpaired) electrons. The van der Waals surface area contributed by atoms with Crippen LogP contribution in [-0.4, -0.2) is 47.8 Å². The van der Waals surface area contributed by atoms with Crippen molar-refractivity contribution in [2.24, 2.45) is 5.92 Å². The summed E-state index contributed by atoms with van der Waals surface area (Å²) in [5.74, 6) is 0.475. The summed E-state index contributed by atoms with van der Waals surface area (Å²) in [5.41, 5.74) is 1.98. The predicted molar refractivity (Wildman–Crippen MR) is 94.8 cm³/mol. The summed E-state index contributed by atoms with van der Waals surface area (Å²) in [6, 6.07) is 7.85. The molecule has 1 aliphatic heterocycles. The molecule has 1 unspecified atom stereocenters. The predicted octanol–water partition coefficient (Wildman–Crippen LogP) is 2.89. The molecule has 1 saturated heterocycles. The topological polar surface area (TPSA) is 40.6 Å². The van der Waals surface area contributed by atoms with E-state index in [4.69, 9.17) is 0 Å². The van der Waals surface area contributed by atoms with E-state index in [2.05, 4.69) is 19.1 Å². The third kappa shape index (κ3) is 3.69. The van der Waals surface area contributed by atoms with Gasteiger partial charge in [-0.15, -0.1) is 0 Å². The number of aryl methyl sites for hydroxylation is 1. The standard InChI is InChI=1S/C20H26N2O2/c1-2-16-8-10-18(11-9-16)20(24)22-14-12-21(13-15-22)19(23)17-6-4-3-5-7-17/h3-4,8-11,17H,2,5-7,12-15H2,1H3. The Morgan fingerprint density at radius 3 is 2.25 bits per heavy atom. The van der Waals surface area contributed by atoms with Gasteiger partial charge >= 0.3 is 0 Å². The fourth-order valence-electron chi connectivity index (χ4n) is 3.47. The lowest BCUT2D eigenvalue weighted by Crippen LogP contribution is -2.52. The molecule has 4 heteroatoms. The molecule has 0 aromatic heterocycles. The highest BCUT2D eigenvalue weighted by molar-refractivity contribution is 5.94. The molecule has 0 bridgehead atoms. The SMILES string of the molecule is CCc1ccc(C(=O)N2CCN(C(=O)C3CC=CCC3)CC2)cc1. The van der Waals surface area contributed by atoms with E-state index >= 15 is 0 Å². The number of piperazine rings is 1. The van der Waals surface area contributed by atoms with E-state index in [1.54, 1.807) is 0 Å². The summed E-state index contributed by atoms with van der Waals surface area (Å²) < 4.78 is 0. The number of hydrogen-bond acceptors (Lipinski definition) is 2. The number of carbonyl (C=O) groups excluding carboxylic acids is 2. The van der Waals surface area contributed by atoms with E-state index in [1.807, 2.05) is 34.1 Å². The van der Waals surface area contributed by atoms with Crippen molar-refractivity contribution in [3.63, 3.8) is 0 Å². The van der Waals surface area contributed by atoms with Gasteiger partial charge in [-0.05, 0) is 43.4 Å². The monoisotopic (exact) mass is 326 g/mol. The molecule has 4 nitrogen and oxygen atoms in total. The number of allylic oxidation sites excluding steroid dienone is 2. The number of hydrogen-bond donors (Lipinski definition) is 0. The first-order valence-corrected chi connectivity index (χ1v) is 9.01. The molecule has 1 aromatic rings. The van der Waals surface area contributed by atoms with Gasteiger partial charge in [0.2, 0.25) is 5.91 Å². The van der Waals surface area contributed by atoms with Gasteiger partial charge in [0.15, 0.2) is 0 Å². The molecule has 0 spiro atoms. The molecular formula is C20H26N2O2. The van der Waals surface area contributed by atoms with Crippen molar-refractivity contribution in [3.8, 4) is 0 Å². The Balaban J connectivity index is 1.55. The Labute approximate surface area is 144 Å². The summed E-state index contributed by atoms with van der Waals surface area (Å²) >= 11 is 0. The highest BCUT2D eigenvalue weighted by Crippen LogP contribution is 2.21. The van der Waals surface area contributed by atoms with Crippen LogP contribution in [0.4, 0.5) is 0 Å². The smallest absolute Gasteiger partial charge is 0.253 e. The van der Waals surface area contributed by atoms with Gasteiger partial charge in [0, 0.05) is 37.7 Å². The van der Waals surface area contributed by atoms with Gasteiger partial charge in [-0.2, -0.15) is 0 Å². The first-order valence-electron chi connectivity index (χ1n) is 9.01. The van der Waals surface area contributed by atoms with Gasteiger partial charge in [0.05, 0.1) is 0 Å². The maximum absolute atomic E-state index is 12.6. The van der Waals surface area contributed by atoms with Crippen LogP contribution in [-0.2, 0) is 11.2 Å². The quantitative estimate of drug-likeness (QED) is 0.802. The molecule has 1 aromatic carbocycles. The van der Waals surface area contributed by atoms with Gasteiger partial charge < -0.3 is 9.80 Å². The normalized spacial score (nSPS) is 21.0. The van der Waals surface area contributed by atoms with Crippen molar-refractivity contribution in [1.29, 1.82) is 0 Å². The van der Waals surface area contributed by atoms with E-state index in [9.17, 15) is 9.59 Å². The maximum Gasteiger partial charge on any atom is 0.253 e. The molecule has 128 valence electrons. The van der Waals surface area contributed by atoms with Crippen LogP contribution < -0.4 is 0 Å². The highest BCUT2D eigenvalue weighted by atomic mass is 16.2. The zero-order valence-electron chi connectivity index (χ0n) is 14.4. The summed E-state index contributed by atoms with van der Waals surface area (Å²) in [6.45, 7) is 4.66. The van der Waals surface area contributed by atoms with Gasteiger partial charge in [-0.1, -0.05) is 31.2 Å². The zero-order chi connectivity index (χ0) is 16.9. The molecule has 1 atom stereocenters. The van der Waals surface area contributed by atoms with Crippen LogP contribution in [0.3, 0.4) is 0 Å². The summed E-state index contributed by atoms with van der Waals surface area (Å²) in [5, 5.41) is 0. The number of carbonyl (C=O) groups is 2. The largest absolute Gasteiger partial charge is 0.339 e. The van der Waals surface area contributed by atoms with Crippen molar-refractivity contribution in [1.82, 2.24) is 9.80 Å². The molecule has 0 saturated carbocycles. The highest BCUT2D eigenvalue weighted by Gasteiger charge is 2.29. The average Bonchev–Trinajstić information content (AvgIpc) is 2.68. The summed E-state index contributed by atoms with van der Waals surface area (Å²) in [7, 11) is 0. The fraction of sp³-hybridized carbons (Fsp3) is 0.500. The summed E-state index contributed by atoms with van der Waals surface area (Å²) in [6.07, 6.45) is 8.07. The van der Waals surface area contributed by atoms with E-state index in [0.29, 0.717) is 26.2 Å². The zero-order valence-corrected chi connectivity index (χ0v) is 14.4. The Bertz CT molecular complexity index is 613. The van der Waals surface area contributed by atoms with Gasteiger partial charge in [-0.3, -0.25) is 9.59 Å². The van der Waals surface area contributed by atoms with Crippen molar-refractivity contribution in [2.45, 2.75) is 32.6 Å². The second-order valence-electron chi connectivity index (χ2n) is 6.65. The molecule has 1 fully saturated rings. The first kappa shape index (κ1) is 16.7. The fourth-order valence-corrected chi connectivity index (χ4v) is 3.47. The maximum atomic E-state index is 12.6. The van der Waals surface area contributed by atoms with Crippen LogP contribution in [0, 0.1) is 5.92 Å². The summed E-state index contributed by atoms with van der Waals surface area (Å²) in [4.78, 5) is 29.0. The lowest BCUT2D eigenvalue weighted by Gasteiger charge is -2.36. The van der Waals surface area contributed by atoms with Crippen molar-refractivity contribution < 1.29 is 9.59 Å². The van der Waals surface area contributed by atoms with E-state index < -0.39 is 0 Å². The van der Waals surface area contributed by atoms with E-state index in [1.165, 1.54) is 5.56 Å². The molecule has 1 heterocycles. The Hall–Kier alpha value is -2.10. The molecule has 24 heavy (non-hydrogen) atoms. The van der Waals surface area contributed by atoms with Gasteiger partial charge in [0.25, 0.3) is 5.91 Å². The molecule has 2 amide bonds. The number of rotatable bonds is 3. The van der Waals surface area contributed by atoms with Crippen LogP contribution in [0.1, 0.15) is 42.1 Å². The second kappa shape index (κ2) is 7.65. The number of nitrogens with zero attached hydrogens (tertiary/aromatic N) is 2. The van der Waals surface area contributed by atoms with Crippen molar-refractivity contribution in [2.75, 3.05) is 26.2 Å². The second-order valence-corrected chi connectivity index (χ2v) is 6.65. The third-order valence-corrected chi connectivity index (χ3v) is 5.11. The van der Waals surface area contributed by atoms with Crippen molar-refractivity contribution in [3.05, 3.63) is 47.5 Å². The first-order chi connectivity index (χ1) is 11.7. The minimum absolute atomic E-state index is 0.0744. The molecule has 1 aliphatic carbocycles. The van der Waals surface area contributed by atoms with Crippen LogP contribution >= 0.6 is 0 Å².